The Labute approximate surface area is 199 Å². The van der Waals surface area contributed by atoms with Crippen LogP contribution in [0.3, 0.4) is 0 Å². The molecule has 0 bridgehead atoms. The van der Waals surface area contributed by atoms with Gasteiger partial charge in [-0.2, -0.15) is 0 Å². The minimum atomic E-state index is -1.04. The van der Waals surface area contributed by atoms with Crippen molar-refractivity contribution in [1.82, 2.24) is 4.98 Å². The number of rotatable bonds is 6. The van der Waals surface area contributed by atoms with Gasteiger partial charge in [0.15, 0.2) is 5.78 Å². The third kappa shape index (κ3) is 4.11. The molecule has 1 unspecified atom stereocenters. The molecule has 1 N–H and O–H groups in total. The van der Waals surface area contributed by atoms with Gasteiger partial charge in [0, 0.05) is 23.2 Å². The lowest BCUT2D eigenvalue weighted by atomic mass is 9.87. The maximum absolute atomic E-state index is 13.2. The van der Waals surface area contributed by atoms with E-state index < -0.39 is 5.97 Å². The molecule has 0 aliphatic heterocycles. The monoisotopic (exact) mass is 455 g/mol. The molecule has 174 valence electrons. The average molecular weight is 456 g/mol. The van der Waals surface area contributed by atoms with Crippen molar-refractivity contribution in [3.05, 3.63) is 82.2 Å². The molecule has 0 saturated heterocycles. The van der Waals surface area contributed by atoms with E-state index in [1.165, 1.54) is 31.7 Å². The first-order chi connectivity index (χ1) is 16.4. The van der Waals surface area contributed by atoms with E-state index in [0.29, 0.717) is 18.3 Å². The third-order valence-corrected chi connectivity index (χ3v) is 7.56. The number of Topliss-reactive ketones (excluding diaryl/α,β-unsaturated/α-hetero) is 1. The van der Waals surface area contributed by atoms with Crippen LogP contribution in [-0.4, -0.2) is 21.8 Å². The lowest BCUT2D eigenvalue weighted by Crippen LogP contribution is -2.18. The van der Waals surface area contributed by atoms with Crippen molar-refractivity contribution in [3.63, 3.8) is 0 Å². The highest BCUT2D eigenvalue weighted by Gasteiger charge is 2.39. The van der Waals surface area contributed by atoms with Crippen molar-refractivity contribution >= 4 is 11.8 Å². The molecule has 1 saturated carbocycles. The zero-order valence-electron chi connectivity index (χ0n) is 19.6. The standard InChI is InChI=1S/C29H29NO4/c1-17-18(2)27-23(13-24(28(27)31)20-7-3-4-8-20)14-26(17)34-16-19-6-5-9-21(12-19)22-10-11-25(29(32)33)30-15-22/h5-6,9-12,14-15,20,24H,3-4,7-8,13,16H2,1-2H3,(H,32,33). The SMILES string of the molecule is Cc1c(OCc2cccc(-c3ccc(C(=O)O)nc3)c2)cc2c(c1C)C(=O)C(C1CCCC1)C2. The summed E-state index contributed by atoms with van der Waals surface area (Å²) in [4.78, 5) is 28.3. The summed E-state index contributed by atoms with van der Waals surface area (Å²) in [6, 6.07) is 13.3. The number of benzene rings is 2. The van der Waals surface area contributed by atoms with Crippen LogP contribution in [0.15, 0.2) is 48.7 Å². The lowest BCUT2D eigenvalue weighted by Gasteiger charge is -2.16. The Balaban J connectivity index is 1.34. The van der Waals surface area contributed by atoms with E-state index in [-0.39, 0.29) is 11.6 Å². The van der Waals surface area contributed by atoms with Crippen LogP contribution in [0.4, 0.5) is 0 Å². The van der Waals surface area contributed by atoms with Crippen LogP contribution in [0.25, 0.3) is 11.1 Å². The van der Waals surface area contributed by atoms with Crippen LogP contribution in [0, 0.1) is 25.7 Å². The van der Waals surface area contributed by atoms with Crippen molar-refractivity contribution in [2.45, 2.75) is 52.6 Å². The van der Waals surface area contributed by atoms with Gasteiger partial charge in [-0.1, -0.05) is 37.1 Å². The zero-order chi connectivity index (χ0) is 23.8. The number of carboxylic acids is 1. The van der Waals surface area contributed by atoms with E-state index >= 15 is 0 Å². The molecule has 2 aliphatic rings. The van der Waals surface area contributed by atoms with Crippen LogP contribution in [-0.2, 0) is 13.0 Å². The Morgan fingerprint density at radius 3 is 2.56 bits per heavy atom. The van der Waals surface area contributed by atoms with E-state index in [1.54, 1.807) is 12.3 Å². The molecular weight excluding hydrogens is 426 g/mol. The smallest absolute Gasteiger partial charge is 0.354 e. The normalized spacial score (nSPS) is 17.7. The molecule has 3 aromatic rings. The van der Waals surface area contributed by atoms with Crippen LogP contribution >= 0.6 is 0 Å². The van der Waals surface area contributed by atoms with E-state index in [1.807, 2.05) is 38.1 Å². The highest BCUT2D eigenvalue weighted by atomic mass is 16.5. The number of carboxylic acid groups (broad SMARTS) is 1. The van der Waals surface area contributed by atoms with Gasteiger partial charge in [-0.15, -0.1) is 0 Å². The first-order valence-corrected chi connectivity index (χ1v) is 12.0. The number of hydrogen-bond donors (Lipinski definition) is 1. The lowest BCUT2D eigenvalue weighted by molar-refractivity contribution is 0.0690. The predicted octanol–water partition coefficient (Wildman–Crippen LogP) is 6.19. The zero-order valence-corrected chi connectivity index (χ0v) is 19.6. The molecule has 5 rings (SSSR count). The number of aromatic carboxylic acids is 1. The van der Waals surface area contributed by atoms with Gasteiger partial charge in [-0.05, 0) is 85.0 Å². The largest absolute Gasteiger partial charge is 0.489 e. The molecule has 34 heavy (non-hydrogen) atoms. The number of fused-ring (bicyclic) bond motifs is 1. The van der Waals surface area contributed by atoms with E-state index in [0.717, 1.165) is 51.1 Å². The second-order valence-corrected chi connectivity index (χ2v) is 9.60. The van der Waals surface area contributed by atoms with Gasteiger partial charge in [0.05, 0.1) is 0 Å². The van der Waals surface area contributed by atoms with Gasteiger partial charge < -0.3 is 9.84 Å². The van der Waals surface area contributed by atoms with Crippen molar-refractivity contribution in [2.24, 2.45) is 11.8 Å². The maximum Gasteiger partial charge on any atom is 0.354 e. The van der Waals surface area contributed by atoms with E-state index in [2.05, 4.69) is 11.1 Å². The molecule has 5 nitrogen and oxygen atoms in total. The summed E-state index contributed by atoms with van der Waals surface area (Å²) in [5, 5.41) is 9.06. The average Bonchev–Trinajstić information content (AvgIpc) is 3.49. The van der Waals surface area contributed by atoms with Gasteiger partial charge in [0.25, 0.3) is 0 Å². The Hall–Kier alpha value is -3.47. The number of carbonyl (C=O) groups excluding carboxylic acids is 1. The minimum absolute atomic E-state index is 0.0272. The number of ketones is 1. The van der Waals surface area contributed by atoms with Crippen LogP contribution < -0.4 is 4.74 Å². The van der Waals surface area contributed by atoms with Gasteiger partial charge >= 0.3 is 5.97 Å². The quantitative estimate of drug-likeness (QED) is 0.480. The Morgan fingerprint density at radius 1 is 1.06 bits per heavy atom. The Morgan fingerprint density at radius 2 is 1.85 bits per heavy atom. The molecule has 0 spiro atoms. The number of aromatic nitrogens is 1. The van der Waals surface area contributed by atoms with Crippen molar-refractivity contribution in [3.8, 4) is 16.9 Å². The molecule has 5 heteroatoms. The molecule has 0 amide bonds. The molecule has 1 fully saturated rings. The van der Waals surface area contributed by atoms with Gasteiger partial charge in [-0.25, -0.2) is 9.78 Å². The topological polar surface area (TPSA) is 76.5 Å². The summed E-state index contributed by atoms with van der Waals surface area (Å²) in [5.41, 5.74) is 7.00. The molecule has 1 atom stereocenters. The Kier molecular flexibility index (Phi) is 5.94. The molecule has 1 aromatic heterocycles. The van der Waals surface area contributed by atoms with Crippen molar-refractivity contribution in [1.29, 1.82) is 0 Å². The highest BCUT2D eigenvalue weighted by Crippen LogP contribution is 2.43. The molecule has 2 aromatic carbocycles. The number of hydrogen-bond acceptors (Lipinski definition) is 4. The number of ether oxygens (including phenoxy) is 1. The van der Waals surface area contributed by atoms with Crippen LogP contribution in [0.1, 0.15) is 68.8 Å². The third-order valence-electron chi connectivity index (χ3n) is 7.56. The number of carbonyl (C=O) groups is 2. The highest BCUT2D eigenvalue weighted by molar-refractivity contribution is 6.04. The summed E-state index contributed by atoms with van der Waals surface area (Å²) < 4.78 is 6.26. The Bertz CT molecular complexity index is 1260. The van der Waals surface area contributed by atoms with Crippen molar-refractivity contribution < 1.29 is 19.4 Å². The maximum atomic E-state index is 13.2. The summed E-state index contributed by atoms with van der Waals surface area (Å²) in [7, 11) is 0. The molecule has 0 radical (unpaired) electrons. The van der Waals surface area contributed by atoms with E-state index in [9.17, 15) is 9.59 Å². The summed E-state index contributed by atoms with van der Waals surface area (Å²) in [6.07, 6.45) is 7.26. The second kappa shape index (κ2) is 9.05. The summed E-state index contributed by atoms with van der Waals surface area (Å²) in [6.45, 7) is 4.49. The van der Waals surface area contributed by atoms with Crippen molar-refractivity contribution in [2.75, 3.05) is 0 Å². The fourth-order valence-corrected chi connectivity index (χ4v) is 5.55. The first-order valence-electron chi connectivity index (χ1n) is 12.0. The van der Waals surface area contributed by atoms with Gasteiger partial charge in [0.1, 0.15) is 18.1 Å². The van der Waals surface area contributed by atoms with Gasteiger partial charge in [0.2, 0.25) is 0 Å². The minimum Gasteiger partial charge on any atom is -0.489 e. The summed E-state index contributed by atoms with van der Waals surface area (Å²) in [5.74, 6) is 0.817. The molecular formula is C29H29NO4. The molecule has 1 heterocycles. The second-order valence-electron chi connectivity index (χ2n) is 9.60. The predicted molar refractivity (Wildman–Crippen MR) is 130 cm³/mol. The molecule has 2 aliphatic carbocycles. The fourth-order valence-electron chi connectivity index (χ4n) is 5.55. The number of pyridine rings is 1. The van der Waals surface area contributed by atoms with Gasteiger partial charge in [-0.3, -0.25) is 4.79 Å². The van der Waals surface area contributed by atoms with E-state index in [4.69, 9.17) is 9.84 Å². The number of nitrogens with zero attached hydrogens (tertiary/aromatic N) is 1. The fraction of sp³-hybridized carbons (Fsp3) is 0.345. The van der Waals surface area contributed by atoms with Crippen LogP contribution in [0.5, 0.6) is 5.75 Å². The summed E-state index contributed by atoms with van der Waals surface area (Å²) >= 11 is 0. The first kappa shape index (κ1) is 22.3. The van der Waals surface area contributed by atoms with Crippen LogP contribution in [0.2, 0.25) is 0 Å².